The van der Waals surface area contributed by atoms with Gasteiger partial charge >= 0.3 is 0 Å². The molecule has 102 valence electrons. The van der Waals surface area contributed by atoms with E-state index in [1.807, 2.05) is 36.4 Å². The van der Waals surface area contributed by atoms with Gasteiger partial charge in [-0.15, -0.1) is 0 Å². The van der Waals surface area contributed by atoms with Crippen molar-refractivity contribution in [2.45, 2.75) is 25.9 Å². The first-order valence-electron chi connectivity index (χ1n) is 6.74. The largest absolute Gasteiger partial charge is 0.508 e. The van der Waals surface area contributed by atoms with Crippen molar-refractivity contribution in [3.05, 3.63) is 65.2 Å². The van der Waals surface area contributed by atoms with E-state index in [0.717, 1.165) is 18.5 Å². The summed E-state index contributed by atoms with van der Waals surface area (Å²) in [4.78, 5) is 0. The van der Waals surface area contributed by atoms with Gasteiger partial charge in [0.15, 0.2) is 0 Å². The fraction of sp³-hybridized carbons (Fsp3) is 0.235. The van der Waals surface area contributed by atoms with Crippen molar-refractivity contribution < 1.29 is 5.11 Å². The summed E-state index contributed by atoms with van der Waals surface area (Å²) < 4.78 is 0. The van der Waals surface area contributed by atoms with Crippen LogP contribution in [-0.2, 0) is 6.54 Å². The summed E-state index contributed by atoms with van der Waals surface area (Å²) in [6.07, 6.45) is 0.973. The minimum atomic E-state index is 0.256. The van der Waals surface area contributed by atoms with Gasteiger partial charge in [0.2, 0.25) is 0 Å². The number of phenolic OH excluding ortho intramolecular Hbond substituents is 1. The zero-order chi connectivity index (χ0) is 14.4. The maximum absolute atomic E-state index is 9.32. The van der Waals surface area contributed by atoms with E-state index < -0.39 is 0 Å². The van der Waals surface area contributed by atoms with Crippen molar-refractivity contribution in [1.82, 2.24) is 5.32 Å². The molecule has 0 fully saturated rings. The molecule has 1 atom stereocenters. The van der Waals surface area contributed by atoms with Crippen molar-refractivity contribution in [2.24, 2.45) is 0 Å². The smallest absolute Gasteiger partial charge is 0.115 e. The average molecular weight is 266 g/mol. The standard InChI is InChI=1S/C17H18N2O/c1-2-17(15-7-9-16(20)10-8-15)19-12-14-5-3-13(11-18)4-6-14/h3-10,17,19-20H,2,12H2,1H3. The van der Waals surface area contributed by atoms with Gasteiger partial charge in [0.25, 0.3) is 0 Å². The molecule has 0 heterocycles. The molecule has 2 aromatic carbocycles. The van der Waals surface area contributed by atoms with Crippen LogP contribution in [0.3, 0.4) is 0 Å². The van der Waals surface area contributed by atoms with E-state index in [1.54, 1.807) is 12.1 Å². The van der Waals surface area contributed by atoms with E-state index in [9.17, 15) is 5.11 Å². The Morgan fingerprint density at radius 1 is 1.10 bits per heavy atom. The fourth-order valence-corrected chi connectivity index (χ4v) is 2.14. The second-order valence-electron chi connectivity index (χ2n) is 4.74. The molecule has 3 nitrogen and oxygen atoms in total. The van der Waals surface area contributed by atoms with E-state index in [0.29, 0.717) is 5.56 Å². The zero-order valence-electron chi connectivity index (χ0n) is 11.5. The van der Waals surface area contributed by atoms with Crippen LogP contribution >= 0.6 is 0 Å². The number of aromatic hydroxyl groups is 1. The molecule has 0 bridgehead atoms. The highest BCUT2D eigenvalue weighted by atomic mass is 16.3. The third-order valence-corrected chi connectivity index (χ3v) is 3.34. The molecule has 20 heavy (non-hydrogen) atoms. The molecule has 0 aliphatic heterocycles. The summed E-state index contributed by atoms with van der Waals surface area (Å²) in [6.45, 7) is 2.88. The SMILES string of the molecule is CCC(NCc1ccc(C#N)cc1)c1ccc(O)cc1. The van der Waals surface area contributed by atoms with Gasteiger partial charge < -0.3 is 10.4 Å². The third-order valence-electron chi connectivity index (χ3n) is 3.34. The zero-order valence-corrected chi connectivity index (χ0v) is 11.5. The number of benzene rings is 2. The molecular weight excluding hydrogens is 248 g/mol. The Hall–Kier alpha value is -2.31. The molecule has 2 rings (SSSR count). The Balaban J connectivity index is 2.00. The third kappa shape index (κ3) is 3.59. The maximum atomic E-state index is 9.32. The number of nitrogens with zero attached hydrogens (tertiary/aromatic N) is 1. The molecule has 1 unspecified atom stereocenters. The van der Waals surface area contributed by atoms with Gasteiger partial charge in [-0.05, 0) is 41.8 Å². The van der Waals surface area contributed by atoms with Crippen molar-refractivity contribution in [1.29, 1.82) is 5.26 Å². The Bertz CT molecular complexity index is 582. The minimum absolute atomic E-state index is 0.256. The molecule has 0 amide bonds. The van der Waals surface area contributed by atoms with Crippen LogP contribution < -0.4 is 5.32 Å². The van der Waals surface area contributed by atoms with Crippen LogP contribution in [0.2, 0.25) is 0 Å². The highest BCUT2D eigenvalue weighted by Gasteiger charge is 2.08. The molecular formula is C17H18N2O. The second kappa shape index (κ2) is 6.74. The first-order valence-corrected chi connectivity index (χ1v) is 6.74. The van der Waals surface area contributed by atoms with Gasteiger partial charge in [0, 0.05) is 12.6 Å². The van der Waals surface area contributed by atoms with Gasteiger partial charge in [-0.3, -0.25) is 0 Å². The molecule has 0 aromatic heterocycles. The van der Waals surface area contributed by atoms with Gasteiger partial charge in [-0.25, -0.2) is 0 Å². The summed E-state index contributed by atoms with van der Waals surface area (Å²) in [5.41, 5.74) is 3.00. The lowest BCUT2D eigenvalue weighted by molar-refractivity contribution is 0.473. The number of nitrogens with one attached hydrogen (secondary N) is 1. The summed E-state index contributed by atoms with van der Waals surface area (Å²) in [5, 5.41) is 21.6. The Morgan fingerprint density at radius 3 is 2.30 bits per heavy atom. The monoisotopic (exact) mass is 266 g/mol. The van der Waals surface area contributed by atoms with Gasteiger partial charge in [-0.2, -0.15) is 5.26 Å². The molecule has 0 radical (unpaired) electrons. The van der Waals surface area contributed by atoms with Crippen LogP contribution in [0, 0.1) is 11.3 Å². The highest BCUT2D eigenvalue weighted by Crippen LogP contribution is 2.20. The lowest BCUT2D eigenvalue weighted by Gasteiger charge is -2.17. The van der Waals surface area contributed by atoms with Crippen molar-refractivity contribution in [3.63, 3.8) is 0 Å². The lowest BCUT2D eigenvalue weighted by atomic mass is 10.0. The van der Waals surface area contributed by atoms with Crippen molar-refractivity contribution in [3.8, 4) is 11.8 Å². The molecule has 0 spiro atoms. The van der Waals surface area contributed by atoms with Crippen molar-refractivity contribution in [2.75, 3.05) is 0 Å². The maximum Gasteiger partial charge on any atom is 0.115 e. The number of rotatable bonds is 5. The second-order valence-corrected chi connectivity index (χ2v) is 4.74. The average Bonchev–Trinajstić information content (AvgIpc) is 2.50. The van der Waals surface area contributed by atoms with Crippen LogP contribution in [0.5, 0.6) is 5.75 Å². The number of hydrogen-bond donors (Lipinski definition) is 2. The van der Waals surface area contributed by atoms with E-state index >= 15 is 0 Å². The summed E-state index contributed by atoms with van der Waals surface area (Å²) >= 11 is 0. The van der Waals surface area contributed by atoms with E-state index in [2.05, 4.69) is 18.3 Å². The number of hydrogen-bond acceptors (Lipinski definition) is 3. The normalized spacial score (nSPS) is 11.8. The van der Waals surface area contributed by atoms with Crippen LogP contribution in [0.25, 0.3) is 0 Å². The van der Waals surface area contributed by atoms with Gasteiger partial charge in [0.1, 0.15) is 5.75 Å². The summed E-state index contributed by atoms with van der Waals surface area (Å²) in [7, 11) is 0. The van der Waals surface area contributed by atoms with Crippen LogP contribution in [0.15, 0.2) is 48.5 Å². The van der Waals surface area contributed by atoms with E-state index in [-0.39, 0.29) is 11.8 Å². The fourth-order valence-electron chi connectivity index (χ4n) is 2.14. The molecule has 3 heteroatoms. The molecule has 0 aliphatic carbocycles. The number of phenols is 1. The van der Waals surface area contributed by atoms with Crippen molar-refractivity contribution >= 4 is 0 Å². The Labute approximate surface area is 119 Å². The molecule has 0 saturated carbocycles. The quantitative estimate of drug-likeness (QED) is 0.870. The summed E-state index contributed by atoms with van der Waals surface area (Å²) in [6, 6.07) is 17.3. The van der Waals surface area contributed by atoms with E-state index in [4.69, 9.17) is 5.26 Å². The first kappa shape index (κ1) is 14.1. The predicted octanol–water partition coefficient (Wildman–Crippen LogP) is 3.50. The van der Waals surface area contributed by atoms with Crippen LogP contribution in [0.4, 0.5) is 0 Å². The Morgan fingerprint density at radius 2 is 1.75 bits per heavy atom. The molecule has 0 aliphatic rings. The number of nitriles is 1. The van der Waals surface area contributed by atoms with Crippen LogP contribution in [0.1, 0.15) is 36.1 Å². The van der Waals surface area contributed by atoms with Gasteiger partial charge in [-0.1, -0.05) is 31.2 Å². The topological polar surface area (TPSA) is 56.0 Å². The van der Waals surface area contributed by atoms with E-state index in [1.165, 1.54) is 5.56 Å². The lowest BCUT2D eigenvalue weighted by Crippen LogP contribution is -2.20. The minimum Gasteiger partial charge on any atom is -0.508 e. The van der Waals surface area contributed by atoms with Crippen LogP contribution in [-0.4, -0.2) is 5.11 Å². The molecule has 0 saturated heterocycles. The highest BCUT2D eigenvalue weighted by molar-refractivity contribution is 5.32. The Kier molecular flexibility index (Phi) is 4.75. The molecule has 2 aromatic rings. The molecule has 2 N–H and O–H groups in total. The summed E-state index contributed by atoms with van der Waals surface area (Å²) in [5.74, 6) is 0.288. The predicted molar refractivity (Wildman–Crippen MR) is 79.1 cm³/mol. The van der Waals surface area contributed by atoms with Gasteiger partial charge in [0.05, 0.1) is 11.6 Å². The first-order chi connectivity index (χ1) is 9.72.